The lowest BCUT2D eigenvalue weighted by Gasteiger charge is -2.27. The van der Waals surface area contributed by atoms with Crippen LogP contribution in [0.3, 0.4) is 0 Å². The van der Waals surface area contributed by atoms with Crippen molar-refractivity contribution in [2.75, 3.05) is 18.0 Å². The van der Waals surface area contributed by atoms with Crippen molar-refractivity contribution >= 4 is 40.1 Å². The third-order valence-corrected chi connectivity index (χ3v) is 9.14. The molecule has 268 valence electrons. The van der Waals surface area contributed by atoms with Crippen molar-refractivity contribution in [3.8, 4) is 0 Å². The molecule has 2 aromatic heterocycles. The molecule has 2 amide bonds. The number of hydrogen-bond donors (Lipinski definition) is 0. The summed E-state index contributed by atoms with van der Waals surface area (Å²) in [6.07, 6.45) is 2.61. The van der Waals surface area contributed by atoms with Crippen molar-refractivity contribution in [1.29, 1.82) is 0 Å². The molecule has 2 fully saturated rings. The Hall–Kier alpha value is -5.06. The normalized spacial score (nSPS) is 18.2. The third kappa shape index (κ3) is 7.82. The summed E-state index contributed by atoms with van der Waals surface area (Å²) in [6, 6.07) is 22.0. The lowest BCUT2D eigenvalue weighted by molar-refractivity contribution is 0.0195. The summed E-state index contributed by atoms with van der Waals surface area (Å²) in [6.45, 7) is 13.7. The van der Waals surface area contributed by atoms with E-state index in [1.54, 1.807) is 9.80 Å². The predicted octanol–water partition coefficient (Wildman–Crippen LogP) is 9.32. The molecule has 2 aliphatic heterocycles. The molecule has 0 N–H and O–H groups in total. The van der Waals surface area contributed by atoms with Crippen LogP contribution in [0.2, 0.25) is 0 Å². The van der Waals surface area contributed by atoms with Crippen LogP contribution < -0.4 is 4.90 Å². The summed E-state index contributed by atoms with van der Waals surface area (Å²) < 4.78 is 23.7. The predicted molar refractivity (Wildman–Crippen MR) is 194 cm³/mol. The molecule has 11 heteroatoms. The maximum atomic E-state index is 12.9. The van der Waals surface area contributed by atoms with E-state index >= 15 is 0 Å². The fourth-order valence-corrected chi connectivity index (χ4v) is 6.91. The van der Waals surface area contributed by atoms with Crippen molar-refractivity contribution < 1.29 is 27.9 Å². The minimum atomic E-state index is -0.574. The van der Waals surface area contributed by atoms with Gasteiger partial charge in [0.25, 0.3) is 0 Å². The van der Waals surface area contributed by atoms with Crippen LogP contribution in [0, 0.1) is 0 Å². The van der Waals surface area contributed by atoms with Crippen molar-refractivity contribution in [3.63, 3.8) is 0 Å². The summed E-state index contributed by atoms with van der Waals surface area (Å²) in [5.41, 5.74) is 4.99. The maximum absolute atomic E-state index is 12.9. The smallest absolute Gasteiger partial charge is 0.410 e. The lowest BCUT2D eigenvalue weighted by Crippen LogP contribution is -2.36. The fourth-order valence-electron chi connectivity index (χ4n) is 6.91. The molecule has 2 saturated heterocycles. The number of anilines is 1. The fraction of sp³-hybridized carbons (Fsp3) is 0.450. The van der Waals surface area contributed by atoms with Gasteiger partial charge < -0.3 is 23.2 Å². The molecule has 0 bridgehead atoms. The molecule has 2 atom stereocenters. The van der Waals surface area contributed by atoms with Gasteiger partial charge in [-0.2, -0.15) is 0 Å². The first-order chi connectivity index (χ1) is 24.3. The number of oxazole rings is 2. The Bertz CT molecular complexity index is 1900. The minimum absolute atomic E-state index is 0.252. The van der Waals surface area contributed by atoms with Gasteiger partial charge in [0.1, 0.15) is 34.3 Å². The second kappa shape index (κ2) is 13.6. The highest BCUT2D eigenvalue weighted by Crippen LogP contribution is 2.36. The molecule has 11 nitrogen and oxygen atoms in total. The van der Waals surface area contributed by atoms with E-state index in [-0.39, 0.29) is 24.3 Å². The number of amides is 2. The minimum Gasteiger partial charge on any atom is -0.444 e. The van der Waals surface area contributed by atoms with Gasteiger partial charge >= 0.3 is 12.2 Å². The van der Waals surface area contributed by atoms with Gasteiger partial charge in [-0.25, -0.2) is 19.6 Å². The quantitative estimate of drug-likeness (QED) is 0.164. The average molecular weight is 694 g/mol. The lowest BCUT2D eigenvalue weighted by atomic mass is 10.1. The first-order valence-electron chi connectivity index (χ1n) is 17.9. The van der Waals surface area contributed by atoms with Crippen LogP contribution in [0.1, 0.15) is 102 Å². The molecule has 5 aromatic rings. The van der Waals surface area contributed by atoms with Crippen molar-refractivity contribution in [3.05, 3.63) is 89.6 Å². The number of benzene rings is 3. The van der Waals surface area contributed by atoms with E-state index in [1.165, 1.54) is 0 Å². The highest BCUT2D eigenvalue weighted by Gasteiger charge is 2.37. The maximum Gasteiger partial charge on any atom is 0.410 e. The molecule has 4 heterocycles. The molecule has 7 rings (SSSR count). The second-order valence-corrected chi connectivity index (χ2v) is 15.6. The molecule has 0 spiro atoms. The number of nitrogens with zero attached hydrogens (tertiary/aromatic N) is 5. The van der Waals surface area contributed by atoms with Gasteiger partial charge in [0.05, 0.1) is 0 Å². The number of ether oxygens (including phenoxy) is 2. The highest BCUT2D eigenvalue weighted by atomic mass is 16.6. The Morgan fingerprint density at radius 3 is 1.59 bits per heavy atom. The topological polar surface area (TPSA) is 114 Å². The summed E-state index contributed by atoms with van der Waals surface area (Å²) in [5, 5.41) is 0. The molecule has 0 radical (unpaired) electrons. The van der Waals surface area contributed by atoms with Crippen LogP contribution in [0.15, 0.2) is 75.6 Å². The van der Waals surface area contributed by atoms with Crippen molar-refractivity contribution in [2.24, 2.45) is 0 Å². The number of likely N-dealkylation sites (tertiary alicyclic amines) is 2. The zero-order valence-electron chi connectivity index (χ0n) is 30.3. The third-order valence-electron chi connectivity index (χ3n) is 9.14. The summed E-state index contributed by atoms with van der Waals surface area (Å²) in [7, 11) is 0. The van der Waals surface area contributed by atoms with Crippen LogP contribution in [0.5, 0.6) is 0 Å². The first-order valence-corrected chi connectivity index (χ1v) is 17.9. The Labute approximate surface area is 298 Å². The Morgan fingerprint density at radius 1 is 0.706 bits per heavy atom. The first kappa shape index (κ1) is 34.4. The van der Waals surface area contributed by atoms with E-state index in [2.05, 4.69) is 41.3 Å². The van der Waals surface area contributed by atoms with Gasteiger partial charge in [0.15, 0.2) is 11.2 Å². The van der Waals surface area contributed by atoms with E-state index < -0.39 is 11.2 Å². The van der Waals surface area contributed by atoms with Crippen LogP contribution >= 0.6 is 0 Å². The molecule has 0 saturated carbocycles. The molecule has 2 aliphatic rings. The zero-order chi connectivity index (χ0) is 35.9. The monoisotopic (exact) mass is 693 g/mol. The Balaban J connectivity index is 1.10. The van der Waals surface area contributed by atoms with Gasteiger partial charge in [-0.1, -0.05) is 30.3 Å². The number of carbonyl (C=O) groups is 2. The van der Waals surface area contributed by atoms with E-state index in [0.717, 1.165) is 53.5 Å². The standard InChI is InChI=1S/C40H47N5O6/c1-39(2,3)50-37(46)44-20-10-14-31(44)35-41-29-22-26(16-18-33(29)48-35)24-43(28-12-8-7-9-13-28)25-27-17-19-34-30(23-27)42-36(49-34)32-15-11-21-45(32)38(47)51-40(4,5)6/h7-9,12-13,16-19,22-23,31-32H,10-11,14-15,20-21,24-25H2,1-6H3/t31-,32?/m0/s1. The van der Waals surface area contributed by atoms with E-state index in [4.69, 9.17) is 28.3 Å². The van der Waals surface area contributed by atoms with Crippen molar-refractivity contribution in [1.82, 2.24) is 19.8 Å². The van der Waals surface area contributed by atoms with Crippen molar-refractivity contribution in [2.45, 2.75) is 104 Å². The summed E-state index contributed by atoms with van der Waals surface area (Å²) >= 11 is 0. The molecule has 0 aliphatic carbocycles. The number of hydrogen-bond acceptors (Lipinski definition) is 9. The molecular formula is C40H47N5O6. The molecule has 1 unspecified atom stereocenters. The van der Waals surface area contributed by atoms with Crippen LogP contribution in [0.25, 0.3) is 22.2 Å². The molecule has 3 aromatic carbocycles. The Morgan fingerprint density at radius 2 is 1.16 bits per heavy atom. The summed E-state index contributed by atoms with van der Waals surface area (Å²) in [5.74, 6) is 1.08. The van der Waals surface area contributed by atoms with Gasteiger partial charge in [0.2, 0.25) is 11.8 Å². The molecular weight excluding hydrogens is 646 g/mol. The number of carbonyl (C=O) groups excluding carboxylic acids is 2. The average Bonchev–Trinajstić information content (AvgIpc) is 3.88. The number of rotatable bonds is 7. The van der Waals surface area contributed by atoms with E-state index in [1.807, 2.05) is 71.9 Å². The number of aromatic nitrogens is 2. The zero-order valence-corrected chi connectivity index (χ0v) is 30.3. The largest absolute Gasteiger partial charge is 0.444 e. The SMILES string of the molecule is CC(C)(C)OC(=O)N1CCCC1c1nc2cc(CN(Cc3ccc4oc([C@@H]5CCCN5C(=O)OC(C)(C)C)nc4c3)c3ccccc3)ccc2o1. The number of para-hydroxylation sites is 1. The van der Waals surface area contributed by atoms with E-state index in [0.29, 0.717) is 49.1 Å². The Kier molecular flexibility index (Phi) is 9.16. The van der Waals surface area contributed by atoms with Gasteiger partial charge in [-0.05, 0) is 115 Å². The van der Waals surface area contributed by atoms with Crippen LogP contribution in [0.4, 0.5) is 15.3 Å². The van der Waals surface area contributed by atoms with Gasteiger partial charge in [0, 0.05) is 31.9 Å². The molecule has 51 heavy (non-hydrogen) atoms. The second-order valence-electron chi connectivity index (χ2n) is 15.6. The van der Waals surface area contributed by atoms with Crippen LogP contribution in [-0.2, 0) is 22.6 Å². The van der Waals surface area contributed by atoms with E-state index in [9.17, 15) is 9.59 Å². The van der Waals surface area contributed by atoms with Gasteiger partial charge in [-0.15, -0.1) is 0 Å². The summed E-state index contributed by atoms with van der Waals surface area (Å²) in [4.78, 5) is 41.4. The van der Waals surface area contributed by atoms with Crippen LogP contribution in [-0.4, -0.2) is 56.2 Å². The number of fused-ring (bicyclic) bond motifs is 2. The highest BCUT2D eigenvalue weighted by molar-refractivity contribution is 5.75. The van der Waals surface area contributed by atoms with Gasteiger partial charge in [-0.3, -0.25) is 9.80 Å².